The molecule has 158 valence electrons. The number of hydrogen-bond donors (Lipinski definition) is 1. The quantitative estimate of drug-likeness (QED) is 0.662. The zero-order chi connectivity index (χ0) is 20.9. The second-order valence-electron chi connectivity index (χ2n) is 6.75. The topological polar surface area (TPSA) is 69.7 Å². The van der Waals surface area contributed by atoms with Crippen LogP contribution in [0.3, 0.4) is 0 Å². The molecule has 29 heavy (non-hydrogen) atoms. The van der Waals surface area contributed by atoms with Crippen LogP contribution in [-0.4, -0.2) is 61.2 Å². The van der Waals surface area contributed by atoms with Gasteiger partial charge in [-0.25, -0.2) is 8.42 Å². The first-order valence-electron chi connectivity index (χ1n) is 9.73. The summed E-state index contributed by atoms with van der Waals surface area (Å²) < 4.78 is 27.5. The summed E-state index contributed by atoms with van der Waals surface area (Å²) in [6, 6.07) is 9.25. The summed E-state index contributed by atoms with van der Waals surface area (Å²) >= 11 is 2.91. The maximum atomic E-state index is 13.0. The average molecular weight is 454 g/mol. The van der Waals surface area contributed by atoms with Crippen molar-refractivity contribution in [2.45, 2.75) is 25.3 Å². The van der Waals surface area contributed by atoms with Gasteiger partial charge in [0.1, 0.15) is 9.77 Å². The number of carbonyl (C=O) groups excluding carboxylic acids is 1. The molecule has 2 heterocycles. The summed E-state index contributed by atoms with van der Waals surface area (Å²) in [5, 5.41) is 4.54. The number of anilines is 1. The molecule has 0 atom stereocenters. The van der Waals surface area contributed by atoms with E-state index in [1.54, 1.807) is 17.1 Å². The number of carbonyl (C=O) groups is 1. The Morgan fingerprint density at radius 3 is 2.59 bits per heavy atom. The standard InChI is InChI=1S/C20H27N3O3S3/c1-3-22(4-2)15-16-6-5-7-17(14-16)21-20(24)19-18(8-11-28-19)29(25,26)23-9-12-27-13-10-23/h5-8,11,14H,3-4,9-10,12-13,15H2,1-2H3,(H,21,24). The molecule has 1 amide bonds. The molecule has 9 heteroatoms. The number of amides is 1. The van der Waals surface area contributed by atoms with Gasteiger partial charge in [-0.15, -0.1) is 11.3 Å². The minimum Gasteiger partial charge on any atom is -0.321 e. The lowest BCUT2D eigenvalue weighted by Gasteiger charge is -2.25. The number of hydrogen-bond acceptors (Lipinski definition) is 6. The predicted molar refractivity (Wildman–Crippen MR) is 121 cm³/mol. The van der Waals surface area contributed by atoms with Gasteiger partial charge >= 0.3 is 0 Å². The summed E-state index contributed by atoms with van der Waals surface area (Å²) in [7, 11) is -3.65. The van der Waals surface area contributed by atoms with E-state index < -0.39 is 10.0 Å². The van der Waals surface area contributed by atoms with Gasteiger partial charge in [-0.3, -0.25) is 9.69 Å². The van der Waals surface area contributed by atoms with E-state index in [4.69, 9.17) is 0 Å². The number of benzene rings is 1. The van der Waals surface area contributed by atoms with Crippen LogP contribution in [-0.2, 0) is 16.6 Å². The monoisotopic (exact) mass is 453 g/mol. The highest BCUT2D eigenvalue weighted by molar-refractivity contribution is 7.99. The van der Waals surface area contributed by atoms with Gasteiger partial charge in [0.15, 0.2) is 0 Å². The van der Waals surface area contributed by atoms with Crippen LogP contribution in [0.4, 0.5) is 5.69 Å². The zero-order valence-electron chi connectivity index (χ0n) is 16.8. The van der Waals surface area contributed by atoms with E-state index in [1.807, 2.05) is 24.3 Å². The minimum absolute atomic E-state index is 0.103. The van der Waals surface area contributed by atoms with Crippen LogP contribution in [0, 0.1) is 0 Å². The second-order valence-corrected chi connectivity index (χ2v) is 10.8. The maximum absolute atomic E-state index is 13.0. The van der Waals surface area contributed by atoms with Crippen molar-refractivity contribution in [3.63, 3.8) is 0 Å². The average Bonchev–Trinajstić information content (AvgIpc) is 3.24. The lowest BCUT2D eigenvalue weighted by molar-refractivity contribution is 0.102. The van der Waals surface area contributed by atoms with Crippen LogP contribution in [0.15, 0.2) is 40.6 Å². The van der Waals surface area contributed by atoms with E-state index in [1.165, 1.54) is 10.4 Å². The van der Waals surface area contributed by atoms with E-state index >= 15 is 0 Å². The van der Waals surface area contributed by atoms with Crippen molar-refractivity contribution in [2.24, 2.45) is 0 Å². The van der Waals surface area contributed by atoms with E-state index in [2.05, 4.69) is 24.1 Å². The highest BCUT2D eigenvalue weighted by Gasteiger charge is 2.31. The van der Waals surface area contributed by atoms with Crippen LogP contribution in [0.2, 0.25) is 0 Å². The third-order valence-corrected chi connectivity index (χ3v) is 8.83. The lowest BCUT2D eigenvalue weighted by atomic mass is 10.2. The van der Waals surface area contributed by atoms with Gasteiger partial charge < -0.3 is 5.32 Å². The summed E-state index contributed by atoms with van der Waals surface area (Å²) in [5.41, 5.74) is 1.78. The van der Waals surface area contributed by atoms with Crippen LogP contribution < -0.4 is 5.32 Å². The Hall–Kier alpha value is -1.39. The summed E-state index contributed by atoms with van der Waals surface area (Å²) in [6.07, 6.45) is 0. The largest absolute Gasteiger partial charge is 0.321 e. The van der Waals surface area contributed by atoms with Crippen LogP contribution in [0.25, 0.3) is 0 Å². The number of nitrogens with zero attached hydrogens (tertiary/aromatic N) is 2. The molecule has 1 aromatic heterocycles. The Kier molecular flexibility index (Phi) is 7.75. The number of rotatable bonds is 8. The van der Waals surface area contributed by atoms with Crippen molar-refractivity contribution in [2.75, 3.05) is 43.0 Å². The second kappa shape index (κ2) is 10.1. The number of thioether (sulfide) groups is 1. The van der Waals surface area contributed by atoms with E-state index in [-0.39, 0.29) is 15.7 Å². The van der Waals surface area contributed by atoms with E-state index in [0.717, 1.165) is 48.0 Å². The predicted octanol–water partition coefficient (Wildman–Crippen LogP) is 3.58. The molecule has 3 rings (SSSR count). The SMILES string of the molecule is CCN(CC)Cc1cccc(NC(=O)c2sccc2S(=O)(=O)N2CCSCC2)c1. The molecular weight excluding hydrogens is 426 g/mol. The summed E-state index contributed by atoms with van der Waals surface area (Å²) in [6.45, 7) is 7.93. The van der Waals surface area contributed by atoms with Crippen molar-refractivity contribution in [1.29, 1.82) is 0 Å². The van der Waals surface area contributed by atoms with Gasteiger partial charge in [-0.1, -0.05) is 26.0 Å². The van der Waals surface area contributed by atoms with Crippen LogP contribution >= 0.6 is 23.1 Å². The third-order valence-electron chi connectivity index (χ3n) is 4.91. The summed E-state index contributed by atoms with van der Waals surface area (Å²) in [5.74, 6) is 1.18. The molecule has 1 saturated heterocycles. The van der Waals surface area contributed by atoms with Gasteiger partial charge in [0.05, 0.1) is 0 Å². The molecule has 1 fully saturated rings. The van der Waals surface area contributed by atoms with Crippen molar-refractivity contribution >= 4 is 44.7 Å². The van der Waals surface area contributed by atoms with Crippen molar-refractivity contribution in [3.05, 3.63) is 46.2 Å². The van der Waals surface area contributed by atoms with E-state index in [9.17, 15) is 13.2 Å². The number of sulfonamides is 1. The first-order chi connectivity index (χ1) is 14.0. The molecule has 1 aromatic carbocycles. The molecular formula is C20H27N3O3S3. The smallest absolute Gasteiger partial charge is 0.267 e. The highest BCUT2D eigenvalue weighted by atomic mass is 32.2. The van der Waals surface area contributed by atoms with Crippen LogP contribution in [0.5, 0.6) is 0 Å². The van der Waals surface area contributed by atoms with Gasteiger partial charge in [-0.05, 0) is 42.2 Å². The molecule has 0 radical (unpaired) electrons. The van der Waals surface area contributed by atoms with Crippen molar-refractivity contribution < 1.29 is 13.2 Å². The molecule has 0 unspecified atom stereocenters. The maximum Gasteiger partial charge on any atom is 0.267 e. The third kappa shape index (κ3) is 5.40. The van der Waals surface area contributed by atoms with Gasteiger partial charge in [0.2, 0.25) is 10.0 Å². The Morgan fingerprint density at radius 2 is 1.90 bits per heavy atom. The van der Waals surface area contributed by atoms with Gasteiger partial charge in [0, 0.05) is 36.8 Å². The zero-order valence-corrected chi connectivity index (χ0v) is 19.2. The van der Waals surface area contributed by atoms with Gasteiger partial charge in [-0.2, -0.15) is 16.1 Å². The number of thiophene rings is 1. The summed E-state index contributed by atoms with van der Waals surface area (Å²) in [4.78, 5) is 15.5. The Balaban J connectivity index is 1.77. The fraction of sp³-hybridized carbons (Fsp3) is 0.450. The molecule has 1 aliphatic rings. The molecule has 0 bridgehead atoms. The fourth-order valence-corrected chi connectivity index (χ4v) is 7.10. The van der Waals surface area contributed by atoms with Gasteiger partial charge in [0.25, 0.3) is 5.91 Å². The van der Waals surface area contributed by atoms with Crippen molar-refractivity contribution in [1.82, 2.24) is 9.21 Å². The van der Waals surface area contributed by atoms with Crippen molar-refractivity contribution in [3.8, 4) is 0 Å². The first kappa shape index (κ1) is 22.3. The lowest BCUT2D eigenvalue weighted by Crippen LogP contribution is -2.38. The minimum atomic E-state index is -3.65. The molecule has 1 N–H and O–H groups in total. The molecule has 2 aromatic rings. The normalized spacial score (nSPS) is 15.6. The van der Waals surface area contributed by atoms with Crippen LogP contribution in [0.1, 0.15) is 29.1 Å². The highest BCUT2D eigenvalue weighted by Crippen LogP contribution is 2.28. The molecule has 1 aliphatic heterocycles. The number of nitrogens with one attached hydrogen (secondary N) is 1. The fourth-order valence-electron chi connectivity index (χ4n) is 3.23. The Morgan fingerprint density at radius 1 is 1.17 bits per heavy atom. The molecule has 0 saturated carbocycles. The molecule has 0 aliphatic carbocycles. The first-order valence-corrected chi connectivity index (χ1v) is 13.2. The Labute approximate surface area is 181 Å². The Bertz CT molecular complexity index is 933. The molecule has 6 nitrogen and oxygen atoms in total. The van der Waals surface area contributed by atoms with E-state index in [0.29, 0.717) is 18.8 Å². The molecule has 0 spiro atoms.